The molecule has 0 fully saturated rings. The number of fused-ring (bicyclic) bond motifs is 1. The van der Waals surface area contributed by atoms with Gasteiger partial charge in [0.2, 0.25) is 6.33 Å². The number of nitrogens with one attached hydrogen (secondary N) is 1. The zero-order valence-corrected chi connectivity index (χ0v) is 16.0. The van der Waals surface area contributed by atoms with Crippen LogP contribution in [0.15, 0.2) is 37.2 Å². The fraction of sp³-hybridized carbons (Fsp3) is 0.286. The summed E-state index contributed by atoms with van der Waals surface area (Å²) in [5, 5.41) is 12.2. The van der Waals surface area contributed by atoms with Crippen LogP contribution in [0.1, 0.15) is 6.92 Å². The van der Waals surface area contributed by atoms with Crippen LogP contribution in [0.4, 0.5) is 5.82 Å². The number of nitrogens with zero attached hydrogens (tertiary/aromatic N) is 6. The first-order chi connectivity index (χ1) is 12.7. The standard InChI is InChI=1S/C14H14ClN7O4S/c1-7(15)4-5-21-8-9(20(3)13(24)18-11(8)23)17-14(21)27-12-10(22(25)26)16-6-19(12)2/h4,6H,5H2,1-3H3,(H,18,23,24). The van der Waals surface area contributed by atoms with Crippen LogP contribution in [0.2, 0.25) is 0 Å². The number of rotatable bonds is 5. The molecule has 0 atom stereocenters. The van der Waals surface area contributed by atoms with Gasteiger partial charge < -0.3 is 19.2 Å². The smallest absolute Gasteiger partial charge is 0.358 e. The Hall–Kier alpha value is -2.86. The molecule has 1 N–H and O–H groups in total. The number of aryl methyl sites for hydroxylation is 2. The predicted molar refractivity (Wildman–Crippen MR) is 99.2 cm³/mol. The highest BCUT2D eigenvalue weighted by Crippen LogP contribution is 2.34. The van der Waals surface area contributed by atoms with E-state index in [0.29, 0.717) is 5.03 Å². The molecule has 3 heterocycles. The van der Waals surface area contributed by atoms with E-state index in [1.165, 1.54) is 22.5 Å². The first-order valence-corrected chi connectivity index (χ1v) is 8.75. The molecule has 3 rings (SSSR count). The molecule has 0 spiro atoms. The second kappa shape index (κ2) is 7.04. The van der Waals surface area contributed by atoms with Crippen molar-refractivity contribution in [2.24, 2.45) is 14.1 Å². The van der Waals surface area contributed by atoms with Gasteiger partial charge in [-0.1, -0.05) is 17.7 Å². The molecule has 0 amide bonds. The number of hydrogen-bond donors (Lipinski definition) is 1. The normalized spacial score (nSPS) is 12.1. The Labute approximate surface area is 160 Å². The number of hydrogen-bond acceptors (Lipinski definition) is 7. The molecule has 0 saturated carbocycles. The van der Waals surface area contributed by atoms with Gasteiger partial charge in [-0.3, -0.25) is 14.3 Å². The van der Waals surface area contributed by atoms with Gasteiger partial charge in [-0.2, -0.15) is 0 Å². The quantitative estimate of drug-likeness (QED) is 0.494. The van der Waals surface area contributed by atoms with Gasteiger partial charge in [0.05, 0.1) is 0 Å². The molecule has 27 heavy (non-hydrogen) atoms. The van der Waals surface area contributed by atoms with Gasteiger partial charge in [-0.25, -0.2) is 9.78 Å². The van der Waals surface area contributed by atoms with Crippen molar-refractivity contribution in [2.45, 2.75) is 23.7 Å². The summed E-state index contributed by atoms with van der Waals surface area (Å²) in [6.45, 7) is 1.88. The molecule has 0 aliphatic heterocycles. The van der Waals surface area contributed by atoms with E-state index in [-0.39, 0.29) is 33.7 Å². The molecule has 11 nitrogen and oxygen atoms in total. The fourth-order valence-corrected chi connectivity index (χ4v) is 3.47. The molecular weight excluding hydrogens is 398 g/mol. The number of halogens is 1. The lowest BCUT2D eigenvalue weighted by atomic mass is 10.4. The number of aromatic amines is 1. The summed E-state index contributed by atoms with van der Waals surface area (Å²) in [6.07, 6.45) is 2.98. The Kier molecular flexibility index (Phi) is 4.93. The Morgan fingerprint density at radius 3 is 2.78 bits per heavy atom. The minimum Gasteiger partial charge on any atom is -0.358 e. The highest BCUT2D eigenvalue weighted by molar-refractivity contribution is 7.99. The third-order valence-corrected chi connectivity index (χ3v) is 5.07. The second-order valence-electron chi connectivity index (χ2n) is 5.63. The van der Waals surface area contributed by atoms with Crippen LogP contribution in [-0.2, 0) is 20.6 Å². The van der Waals surface area contributed by atoms with E-state index in [1.807, 2.05) is 0 Å². The maximum atomic E-state index is 12.4. The maximum Gasteiger partial charge on any atom is 0.396 e. The third-order valence-electron chi connectivity index (χ3n) is 3.75. The van der Waals surface area contributed by atoms with Gasteiger partial charge in [0.1, 0.15) is 0 Å². The third kappa shape index (κ3) is 3.40. The molecule has 0 unspecified atom stereocenters. The van der Waals surface area contributed by atoms with Crippen LogP contribution in [0, 0.1) is 10.1 Å². The Bertz CT molecular complexity index is 1200. The largest absolute Gasteiger partial charge is 0.396 e. The highest BCUT2D eigenvalue weighted by Gasteiger charge is 2.25. The SMILES string of the molecule is CC(Cl)=CCn1c(Sc2c([N+](=O)[O-])ncn2C)nc2c1c(=O)[nH]c(=O)n2C. The van der Waals surface area contributed by atoms with Crippen molar-refractivity contribution < 1.29 is 4.92 Å². The highest BCUT2D eigenvalue weighted by atomic mass is 35.5. The van der Waals surface area contributed by atoms with E-state index in [4.69, 9.17) is 11.6 Å². The summed E-state index contributed by atoms with van der Waals surface area (Å²) in [7, 11) is 3.09. The molecule has 0 radical (unpaired) electrons. The van der Waals surface area contributed by atoms with Gasteiger partial charge >= 0.3 is 11.5 Å². The first kappa shape index (κ1) is 18.9. The van der Waals surface area contributed by atoms with Crippen molar-refractivity contribution in [3.05, 3.63) is 48.4 Å². The Balaban J connectivity index is 2.26. The molecule has 142 valence electrons. The van der Waals surface area contributed by atoms with Crippen molar-refractivity contribution in [1.82, 2.24) is 28.7 Å². The van der Waals surface area contributed by atoms with Crippen molar-refractivity contribution in [2.75, 3.05) is 0 Å². The maximum absolute atomic E-state index is 12.4. The monoisotopic (exact) mass is 411 g/mol. The zero-order valence-electron chi connectivity index (χ0n) is 14.5. The number of allylic oxidation sites excluding steroid dienone is 2. The van der Waals surface area contributed by atoms with Crippen molar-refractivity contribution in [1.29, 1.82) is 0 Å². The van der Waals surface area contributed by atoms with Gasteiger partial charge in [-0.05, 0) is 28.6 Å². The minimum atomic E-state index is -0.607. The van der Waals surface area contributed by atoms with E-state index < -0.39 is 16.2 Å². The van der Waals surface area contributed by atoms with Crippen LogP contribution in [0.5, 0.6) is 0 Å². The summed E-state index contributed by atoms with van der Waals surface area (Å²) in [5.41, 5.74) is -0.882. The zero-order chi connectivity index (χ0) is 19.9. The van der Waals surface area contributed by atoms with Gasteiger partial charge in [0.15, 0.2) is 21.3 Å². The van der Waals surface area contributed by atoms with E-state index in [9.17, 15) is 19.7 Å². The average molecular weight is 412 g/mol. The summed E-state index contributed by atoms with van der Waals surface area (Å²) in [6, 6.07) is 0. The predicted octanol–water partition coefficient (Wildman–Crippen LogP) is 1.36. The number of H-pyrrole nitrogens is 1. The van der Waals surface area contributed by atoms with Gasteiger partial charge in [-0.15, -0.1) is 0 Å². The van der Waals surface area contributed by atoms with Crippen molar-refractivity contribution in [3.63, 3.8) is 0 Å². The van der Waals surface area contributed by atoms with E-state index >= 15 is 0 Å². The Morgan fingerprint density at radius 2 is 2.15 bits per heavy atom. The Morgan fingerprint density at radius 1 is 1.44 bits per heavy atom. The van der Waals surface area contributed by atoms with E-state index in [0.717, 1.165) is 11.8 Å². The van der Waals surface area contributed by atoms with Crippen LogP contribution >= 0.6 is 23.4 Å². The topological polar surface area (TPSA) is 134 Å². The second-order valence-corrected chi connectivity index (χ2v) is 7.18. The molecule has 0 aliphatic rings. The lowest BCUT2D eigenvalue weighted by molar-refractivity contribution is -0.392. The summed E-state index contributed by atoms with van der Waals surface area (Å²) in [5.74, 6) is -0.326. The van der Waals surface area contributed by atoms with Crippen LogP contribution < -0.4 is 11.2 Å². The molecule has 0 aromatic carbocycles. The lowest BCUT2D eigenvalue weighted by Crippen LogP contribution is -2.29. The summed E-state index contributed by atoms with van der Waals surface area (Å²) in [4.78, 5) is 45.2. The molecule has 3 aromatic heterocycles. The molecule has 0 saturated heterocycles. The van der Waals surface area contributed by atoms with Crippen LogP contribution in [0.3, 0.4) is 0 Å². The van der Waals surface area contributed by atoms with Crippen molar-refractivity contribution >= 4 is 40.3 Å². The van der Waals surface area contributed by atoms with Crippen LogP contribution in [-0.4, -0.2) is 33.6 Å². The summed E-state index contributed by atoms with van der Waals surface area (Å²) < 4.78 is 4.23. The molecule has 0 bridgehead atoms. The number of nitro groups is 1. The molecular formula is C14H14ClN7O4S. The molecule has 0 aliphatic carbocycles. The first-order valence-electron chi connectivity index (χ1n) is 7.56. The summed E-state index contributed by atoms with van der Waals surface area (Å²) >= 11 is 6.88. The lowest BCUT2D eigenvalue weighted by Gasteiger charge is -2.06. The van der Waals surface area contributed by atoms with E-state index in [1.54, 1.807) is 24.6 Å². The molecule has 13 heteroatoms. The van der Waals surface area contributed by atoms with E-state index in [2.05, 4.69) is 15.0 Å². The molecule has 3 aromatic rings. The van der Waals surface area contributed by atoms with Gasteiger partial charge in [0, 0.05) is 25.7 Å². The average Bonchev–Trinajstić information content (AvgIpc) is 3.13. The number of imidazole rings is 2. The van der Waals surface area contributed by atoms with Crippen LogP contribution in [0.25, 0.3) is 11.2 Å². The number of aromatic nitrogens is 6. The minimum absolute atomic E-state index is 0.164. The fourth-order valence-electron chi connectivity index (χ4n) is 2.41. The van der Waals surface area contributed by atoms with Gasteiger partial charge in [0.25, 0.3) is 5.56 Å². The van der Waals surface area contributed by atoms with Crippen molar-refractivity contribution in [3.8, 4) is 0 Å².